The van der Waals surface area contributed by atoms with Gasteiger partial charge in [-0.3, -0.25) is 4.79 Å². The second-order valence-electron chi connectivity index (χ2n) is 3.83. The van der Waals surface area contributed by atoms with Crippen molar-refractivity contribution in [2.75, 3.05) is 0 Å². The van der Waals surface area contributed by atoms with Crippen molar-refractivity contribution in [3.8, 4) is 0 Å². The number of carbonyl (C=O) groups excluding carboxylic acids is 1. The minimum Gasteiger partial charge on any atom is -0.386 e. The highest BCUT2D eigenvalue weighted by molar-refractivity contribution is 5.84. The van der Waals surface area contributed by atoms with Crippen LogP contribution in [0.25, 0.3) is 0 Å². The summed E-state index contributed by atoms with van der Waals surface area (Å²) in [7, 11) is 0. The van der Waals surface area contributed by atoms with Gasteiger partial charge in [-0.1, -0.05) is 39.5 Å². The summed E-state index contributed by atoms with van der Waals surface area (Å²) in [6.45, 7) is 5.62. The zero-order chi connectivity index (χ0) is 10.3. The molecule has 0 fully saturated rings. The van der Waals surface area contributed by atoms with Crippen molar-refractivity contribution in [3.05, 3.63) is 0 Å². The Kier molecular flexibility index (Phi) is 6.87. The van der Waals surface area contributed by atoms with E-state index in [4.69, 9.17) is 5.11 Å². The van der Waals surface area contributed by atoms with Gasteiger partial charge in [-0.25, -0.2) is 0 Å². The Morgan fingerprint density at radius 1 is 1.23 bits per heavy atom. The van der Waals surface area contributed by atoms with E-state index in [9.17, 15) is 4.79 Å². The number of aliphatic hydroxyl groups is 1. The molecule has 0 saturated carbocycles. The first-order chi connectivity index (χ1) is 6.09. The van der Waals surface area contributed by atoms with Crippen molar-refractivity contribution in [1.82, 2.24) is 0 Å². The Hall–Kier alpha value is -0.370. The highest BCUT2D eigenvalue weighted by Gasteiger charge is 2.16. The molecule has 2 unspecified atom stereocenters. The van der Waals surface area contributed by atoms with Crippen LogP contribution in [0.3, 0.4) is 0 Å². The Bertz CT molecular complexity index is 141. The van der Waals surface area contributed by atoms with Crippen LogP contribution in [0.2, 0.25) is 0 Å². The fraction of sp³-hybridized carbons (Fsp3) is 0.909. The number of Topliss-reactive ketones (excluding diaryl/α,β-unsaturated/α-hetero) is 1. The molecule has 78 valence electrons. The third-order valence-corrected chi connectivity index (χ3v) is 2.39. The largest absolute Gasteiger partial charge is 0.386 e. The lowest BCUT2D eigenvalue weighted by Gasteiger charge is -2.11. The van der Waals surface area contributed by atoms with Crippen LogP contribution >= 0.6 is 0 Å². The molecule has 0 aromatic heterocycles. The second kappa shape index (κ2) is 7.07. The van der Waals surface area contributed by atoms with Gasteiger partial charge in [0.25, 0.3) is 0 Å². The van der Waals surface area contributed by atoms with Crippen LogP contribution in [-0.2, 0) is 4.79 Å². The van der Waals surface area contributed by atoms with Crippen molar-refractivity contribution in [2.45, 2.75) is 59.0 Å². The maximum Gasteiger partial charge on any atom is 0.163 e. The van der Waals surface area contributed by atoms with E-state index in [1.54, 1.807) is 6.92 Å². The minimum atomic E-state index is -0.791. The van der Waals surface area contributed by atoms with E-state index in [1.807, 2.05) is 6.92 Å². The number of rotatable bonds is 7. The van der Waals surface area contributed by atoms with Gasteiger partial charge in [0, 0.05) is 5.92 Å². The summed E-state index contributed by atoms with van der Waals surface area (Å²) in [5.74, 6) is 0.00774. The number of unbranched alkanes of at least 4 members (excludes halogenated alkanes) is 3. The van der Waals surface area contributed by atoms with Crippen molar-refractivity contribution in [1.29, 1.82) is 0 Å². The quantitative estimate of drug-likeness (QED) is 0.620. The maximum absolute atomic E-state index is 11.3. The first kappa shape index (κ1) is 12.6. The summed E-state index contributed by atoms with van der Waals surface area (Å²) in [5.41, 5.74) is 0. The monoisotopic (exact) mass is 186 g/mol. The molecular formula is C11H22O2. The molecular weight excluding hydrogens is 164 g/mol. The molecule has 2 atom stereocenters. The molecule has 0 saturated heterocycles. The van der Waals surface area contributed by atoms with Crippen LogP contribution in [0.15, 0.2) is 0 Å². The standard InChI is InChI=1S/C11H22O2/c1-4-5-6-7-8-9(2)11(13)10(3)12/h9-10,12H,4-8H2,1-3H3. The van der Waals surface area contributed by atoms with Gasteiger partial charge in [-0.2, -0.15) is 0 Å². The smallest absolute Gasteiger partial charge is 0.163 e. The summed E-state index contributed by atoms with van der Waals surface area (Å²) in [6.07, 6.45) is 4.90. The van der Waals surface area contributed by atoms with E-state index in [1.165, 1.54) is 19.3 Å². The van der Waals surface area contributed by atoms with Crippen molar-refractivity contribution < 1.29 is 9.90 Å². The van der Waals surface area contributed by atoms with Crippen LogP contribution < -0.4 is 0 Å². The average Bonchev–Trinajstić information content (AvgIpc) is 2.10. The van der Waals surface area contributed by atoms with Gasteiger partial charge in [0.15, 0.2) is 5.78 Å². The predicted molar refractivity (Wildman–Crippen MR) is 54.6 cm³/mol. The third-order valence-electron chi connectivity index (χ3n) is 2.39. The molecule has 1 N–H and O–H groups in total. The van der Waals surface area contributed by atoms with E-state index >= 15 is 0 Å². The first-order valence-electron chi connectivity index (χ1n) is 5.31. The van der Waals surface area contributed by atoms with Crippen LogP contribution in [-0.4, -0.2) is 17.0 Å². The van der Waals surface area contributed by atoms with Gasteiger partial charge in [0.05, 0.1) is 0 Å². The molecule has 0 spiro atoms. The molecule has 0 aliphatic carbocycles. The minimum absolute atomic E-state index is 0.0171. The van der Waals surface area contributed by atoms with E-state index in [2.05, 4.69) is 6.92 Å². The van der Waals surface area contributed by atoms with E-state index in [0.717, 1.165) is 12.8 Å². The highest BCUT2D eigenvalue weighted by Crippen LogP contribution is 2.12. The normalized spacial score (nSPS) is 15.4. The lowest BCUT2D eigenvalue weighted by Crippen LogP contribution is -2.23. The Morgan fingerprint density at radius 3 is 2.31 bits per heavy atom. The molecule has 2 nitrogen and oxygen atoms in total. The predicted octanol–water partition coefficient (Wildman–Crippen LogP) is 2.54. The van der Waals surface area contributed by atoms with Crippen molar-refractivity contribution >= 4 is 5.78 Å². The van der Waals surface area contributed by atoms with Gasteiger partial charge in [0.1, 0.15) is 6.10 Å². The number of ketones is 1. The number of carbonyl (C=O) groups is 1. The summed E-state index contributed by atoms with van der Waals surface area (Å²) in [4.78, 5) is 11.3. The van der Waals surface area contributed by atoms with Crippen molar-refractivity contribution in [2.24, 2.45) is 5.92 Å². The zero-order valence-corrected chi connectivity index (χ0v) is 9.05. The van der Waals surface area contributed by atoms with Crippen LogP contribution in [0, 0.1) is 5.92 Å². The van der Waals surface area contributed by atoms with E-state index in [-0.39, 0.29) is 11.7 Å². The van der Waals surface area contributed by atoms with Crippen LogP contribution in [0.5, 0.6) is 0 Å². The Balaban J connectivity index is 3.50. The average molecular weight is 186 g/mol. The fourth-order valence-corrected chi connectivity index (χ4v) is 1.43. The topological polar surface area (TPSA) is 37.3 Å². The summed E-state index contributed by atoms with van der Waals surface area (Å²) >= 11 is 0. The molecule has 0 aliphatic heterocycles. The molecule has 0 aromatic rings. The molecule has 0 rings (SSSR count). The number of aliphatic hydroxyl groups excluding tert-OH is 1. The summed E-state index contributed by atoms with van der Waals surface area (Å²) in [5, 5.41) is 9.04. The molecule has 13 heavy (non-hydrogen) atoms. The Morgan fingerprint density at radius 2 is 1.85 bits per heavy atom. The molecule has 0 heterocycles. The van der Waals surface area contributed by atoms with E-state index < -0.39 is 6.10 Å². The fourth-order valence-electron chi connectivity index (χ4n) is 1.43. The molecule has 0 aliphatic rings. The zero-order valence-electron chi connectivity index (χ0n) is 9.05. The SMILES string of the molecule is CCCCCCC(C)C(=O)C(C)O. The van der Waals surface area contributed by atoms with Gasteiger partial charge in [-0.15, -0.1) is 0 Å². The number of hydrogen-bond donors (Lipinski definition) is 1. The lowest BCUT2D eigenvalue weighted by molar-refractivity contribution is -0.130. The van der Waals surface area contributed by atoms with Gasteiger partial charge < -0.3 is 5.11 Å². The lowest BCUT2D eigenvalue weighted by atomic mass is 9.96. The van der Waals surface area contributed by atoms with Gasteiger partial charge >= 0.3 is 0 Å². The first-order valence-corrected chi connectivity index (χ1v) is 5.31. The van der Waals surface area contributed by atoms with Crippen LogP contribution in [0.4, 0.5) is 0 Å². The van der Waals surface area contributed by atoms with Crippen molar-refractivity contribution in [3.63, 3.8) is 0 Å². The maximum atomic E-state index is 11.3. The molecule has 0 bridgehead atoms. The second-order valence-corrected chi connectivity index (χ2v) is 3.83. The van der Waals surface area contributed by atoms with Gasteiger partial charge in [0.2, 0.25) is 0 Å². The molecule has 0 amide bonds. The van der Waals surface area contributed by atoms with Crippen LogP contribution in [0.1, 0.15) is 52.9 Å². The Labute approximate surface area is 81.3 Å². The highest BCUT2D eigenvalue weighted by atomic mass is 16.3. The molecule has 0 radical (unpaired) electrons. The van der Waals surface area contributed by atoms with E-state index in [0.29, 0.717) is 0 Å². The summed E-state index contributed by atoms with van der Waals surface area (Å²) in [6, 6.07) is 0. The number of hydrogen-bond acceptors (Lipinski definition) is 2. The third kappa shape index (κ3) is 5.81. The molecule has 0 aromatic carbocycles. The molecule has 2 heteroatoms. The van der Waals surface area contributed by atoms with Gasteiger partial charge in [-0.05, 0) is 13.3 Å². The summed E-state index contributed by atoms with van der Waals surface area (Å²) < 4.78 is 0.